The molecule has 0 heterocycles. The summed E-state index contributed by atoms with van der Waals surface area (Å²) in [5, 5.41) is 21.6. The van der Waals surface area contributed by atoms with Gasteiger partial charge in [-0.15, -0.1) is 0 Å². The molecule has 0 saturated heterocycles. The van der Waals surface area contributed by atoms with Crippen molar-refractivity contribution in [1.29, 1.82) is 0 Å². The van der Waals surface area contributed by atoms with Gasteiger partial charge in [-0.2, -0.15) is 0 Å². The number of aliphatic hydroxyl groups is 1. The van der Waals surface area contributed by atoms with E-state index in [4.69, 9.17) is 5.11 Å². The highest BCUT2D eigenvalue weighted by Gasteiger charge is 2.33. The van der Waals surface area contributed by atoms with Gasteiger partial charge in [0.05, 0.1) is 11.2 Å². The van der Waals surface area contributed by atoms with Gasteiger partial charge in [-0.25, -0.2) is 9.18 Å². The number of carbonyl (C=O) groups is 1. The average molecular weight is 253 g/mol. The number of rotatable bonds is 5. The third-order valence-corrected chi connectivity index (χ3v) is 3.33. The van der Waals surface area contributed by atoms with E-state index in [9.17, 15) is 14.3 Å². The third-order valence-electron chi connectivity index (χ3n) is 3.33. The number of nitrogens with one attached hydrogen (secondary N) is 1. The number of benzene rings is 1. The molecule has 2 rings (SSSR count). The summed E-state index contributed by atoms with van der Waals surface area (Å²) in [5.41, 5.74) is -0.267. The van der Waals surface area contributed by atoms with E-state index in [-0.39, 0.29) is 5.56 Å². The molecular weight excluding hydrogens is 237 g/mol. The van der Waals surface area contributed by atoms with Crippen molar-refractivity contribution in [2.24, 2.45) is 0 Å². The molecule has 3 N–H and O–H groups in total. The van der Waals surface area contributed by atoms with Crippen LogP contribution in [0.25, 0.3) is 0 Å². The van der Waals surface area contributed by atoms with Crippen molar-refractivity contribution in [3.8, 4) is 0 Å². The minimum atomic E-state index is -1.27. The van der Waals surface area contributed by atoms with E-state index in [1.807, 2.05) is 0 Å². The van der Waals surface area contributed by atoms with Gasteiger partial charge in [0.1, 0.15) is 5.82 Å². The zero-order valence-electron chi connectivity index (χ0n) is 9.95. The van der Waals surface area contributed by atoms with Crippen molar-refractivity contribution in [2.45, 2.75) is 31.4 Å². The number of carboxylic acid groups (broad SMARTS) is 1. The summed E-state index contributed by atoms with van der Waals surface area (Å²) in [4.78, 5) is 10.6. The maximum atomic E-state index is 13.4. The molecule has 98 valence electrons. The van der Waals surface area contributed by atoms with Crippen molar-refractivity contribution in [2.75, 3.05) is 6.54 Å². The Labute approximate surface area is 104 Å². The van der Waals surface area contributed by atoms with E-state index < -0.39 is 17.4 Å². The molecule has 1 aromatic rings. The zero-order chi connectivity index (χ0) is 13.2. The van der Waals surface area contributed by atoms with E-state index >= 15 is 0 Å². The van der Waals surface area contributed by atoms with E-state index in [0.717, 1.165) is 19.3 Å². The highest BCUT2D eigenvalue weighted by Crippen LogP contribution is 2.30. The lowest BCUT2D eigenvalue weighted by Crippen LogP contribution is -2.45. The molecule has 0 spiro atoms. The Morgan fingerprint density at radius 1 is 1.44 bits per heavy atom. The largest absolute Gasteiger partial charge is 0.478 e. The van der Waals surface area contributed by atoms with Crippen LogP contribution in [0.15, 0.2) is 18.2 Å². The molecular formula is C13H16FNO3. The Morgan fingerprint density at radius 3 is 2.67 bits per heavy atom. The molecule has 5 heteroatoms. The fourth-order valence-electron chi connectivity index (χ4n) is 2.04. The number of halogens is 1. The number of hydrogen-bond acceptors (Lipinski definition) is 3. The fraction of sp³-hybridized carbons (Fsp3) is 0.462. The number of carboxylic acids is 1. The van der Waals surface area contributed by atoms with Crippen molar-refractivity contribution in [1.82, 2.24) is 5.32 Å². The third kappa shape index (κ3) is 2.86. The topological polar surface area (TPSA) is 69.6 Å². The maximum absolute atomic E-state index is 13.4. The molecule has 1 aliphatic carbocycles. The average Bonchev–Trinajstić information content (AvgIpc) is 2.26. The summed E-state index contributed by atoms with van der Waals surface area (Å²) < 4.78 is 13.4. The lowest BCUT2D eigenvalue weighted by molar-refractivity contribution is -0.0314. The lowest BCUT2D eigenvalue weighted by atomic mass is 9.80. The second-order valence-corrected chi connectivity index (χ2v) is 4.80. The predicted octanol–water partition coefficient (Wildman–Crippen LogP) is 1.53. The van der Waals surface area contributed by atoms with Crippen LogP contribution in [0.2, 0.25) is 0 Å². The maximum Gasteiger partial charge on any atom is 0.338 e. The summed E-state index contributed by atoms with van der Waals surface area (Å²) in [6, 6.07) is 4.04. The fourth-order valence-corrected chi connectivity index (χ4v) is 2.04. The summed E-state index contributed by atoms with van der Waals surface area (Å²) in [6.07, 6.45) is 2.64. The SMILES string of the molecule is O=C(O)c1ccc(CNCC2(O)CCC2)cc1F. The Kier molecular flexibility index (Phi) is 3.63. The Hall–Kier alpha value is -1.46. The van der Waals surface area contributed by atoms with Crippen LogP contribution in [-0.4, -0.2) is 28.3 Å². The molecule has 1 aromatic carbocycles. The van der Waals surface area contributed by atoms with Gasteiger partial charge in [-0.05, 0) is 37.0 Å². The smallest absolute Gasteiger partial charge is 0.338 e. The second kappa shape index (κ2) is 5.04. The quantitative estimate of drug-likeness (QED) is 0.744. The van der Waals surface area contributed by atoms with Crippen molar-refractivity contribution in [3.63, 3.8) is 0 Å². The summed E-state index contributed by atoms with van der Waals surface area (Å²) >= 11 is 0. The molecule has 0 bridgehead atoms. The van der Waals surface area contributed by atoms with Gasteiger partial charge in [-0.1, -0.05) is 6.07 Å². The van der Waals surface area contributed by atoms with Crippen LogP contribution in [0.3, 0.4) is 0 Å². The van der Waals surface area contributed by atoms with Gasteiger partial charge in [0, 0.05) is 13.1 Å². The Bertz CT molecular complexity index is 458. The van der Waals surface area contributed by atoms with E-state index in [1.165, 1.54) is 12.1 Å². The van der Waals surface area contributed by atoms with E-state index in [1.54, 1.807) is 6.07 Å². The molecule has 1 fully saturated rings. The van der Waals surface area contributed by atoms with Gasteiger partial charge in [-0.3, -0.25) is 0 Å². The first-order valence-corrected chi connectivity index (χ1v) is 5.95. The van der Waals surface area contributed by atoms with Crippen LogP contribution in [0.5, 0.6) is 0 Å². The first kappa shape index (κ1) is 13.0. The molecule has 0 aliphatic heterocycles. The summed E-state index contributed by atoms with van der Waals surface area (Å²) in [5.74, 6) is -2.00. The molecule has 0 atom stereocenters. The molecule has 1 aliphatic rings. The lowest BCUT2D eigenvalue weighted by Gasteiger charge is -2.36. The highest BCUT2D eigenvalue weighted by molar-refractivity contribution is 5.87. The van der Waals surface area contributed by atoms with Crippen LogP contribution in [0, 0.1) is 5.82 Å². The minimum absolute atomic E-state index is 0.323. The highest BCUT2D eigenvalue weighted by atomic mass is 19.1. The molecule has 0 aromatic heterocycles. The van der Waals surface area contributed by atoms with Crippen LogP contribution in [-0.2, 0) is 6.54 Å². The number of hydrogen-bond donors (Lipinski definition) is 3. The van der Waals surface area contributed by atoms with Gasteiger partial charge in [0.25, 0.3) is 0 Å². The van der Waals surface area contributed by atoms with Crippen molar-refractivity contribution < 1.29 is 19.4 Å². The first-order chi connectivity index (χ1) is 8.50. The molecule has 4 nitrogen and oxygen atoms in total. The second-order valence-electron chi connectivity index (χ2n) is 4.80. The molecule has 0 amide bonds. The molecule has 18 heavy (non-hydrogen) atoms. The minimum Gasteiger partial charge on any atom is -0.478 e. The van der Waals surface area contributed by atoms with Crippen molar-refractivity contribution >= 4 is 5.97 Å². The van der Waals surface area contributed by atoms with Crippen LogP contribution < -0.4 is 5.32 Å². The predicted molar refractivity (Wildman–Crippen MR) is 63.9 cm³/mol. The molecule has 1 saturated carbocycles. The monoisotopic (exact) mass is 253 g/mol. The van der Waals surface area contributed by atoms with E-state index in [2.05, 4.69) is 5.32 Å². The van der Waals surface area contributed by atoms with Crippen molar-refractivity contribution in [3.05, 3.63) is 35.1 Å². The van der Waals surface area contributed by atoms with Gasteiger partial charge < -0.3 is 15.5 Å². The Morgan fingerprint density at radius 2 is 2.17 bits per heavy atom. The summed E-state index contributed by atoms with van der Waals surface area (Å²) in [7, 11) is 0. The number of aromatic carboxylic acids is 1. The zero-order valence-corrected chi connectivity index (χ0v) is 9.95. The van der Waals surface area contributed by atoms with E-state index in [0.29, 0.717) is 18.7 Å². The van der Waals surface area contributed by atoms with Crippen LogP contribution >= 0.6 is 0 Å². The van der Waals surface area contributed by atoms with Crippen LogP contribution in [0.1, 0.15) is 35.2 Å². The Balaban J connectivity index is 1.90. The standard InChI is InChI=1S/C13H16FNO3/c14-11-6-9(2-3-10(11)12(16)17)7-15-8-13(18)4-1-5-13/h2-3,6,15,18H,1,4-5,7-8H2,(H,16,17). The van der Waals surface area contributed by atoms with Gasteiger partial charge in [0.2, 0.25) is 0 Å². The molecule has 0 unspecified atom stereocenters. The first-order valence-electron chi connectivity index (χ1n) is 5.95. The molecule has 0 radical (unpaired) electrons. The van der Waals surface area contributed by atoms with Gasteiger partial charge in [0.15, 0.2) is 0 Å². The summed E-state index contributed by atoms with van der Waals surface area (Å²) in [6.45, 7) is 0.897. The normalized spacial score (nSPS) is 17.2. The van der Waals surface area contributed by atoms with Crippen LogP contribution in [0.4, 0.5) is 4.39 Å². The van der Waals surface area contributed by atoms with Gasteiger partial charge >= 0.3 is 5.97 Å².